The van der Waals surface area contributed by atoms with Crippen LogP contribution in [0.5, 0.6) is 0 Å². The number of hydrogen-bond acceptors (Lipinski definition) is 2. The van der Waals surface area contributed by atoms with Gasteiger partial charge in [0.2, 0.25) is 5.91 Å². The van der Waals surface area contributed by atoms with Crippen molar-refractivity contribution in [2.75, 3.05) is 12.3 Å². The van der Waals surface area contributed by atoms with Gasteiger partial charge in [-0.3, -0.25) is 4.79 Å². The lowest BCUT2D eigenvalue weighted by Crippen LogP contribution is -2.25. The van der Waals surface area contributed by atoms with Crippen LogP contribution in [0.2, 0.25) is 10.0 Å². The maximum atomic E-state index is 11.4. The molecule has 0 bridgehead atoms. The van der Waals surface area contributed by atoms with E-state index in [1.54, 1.807) is 18.2 Å². The van der Waals surface area contributed by atoms with Gasteiger partial charge in [-0.15, -0.1) is 11.8 Å². The lowest BCUT2D eigenvalue weighted by molar-refractivity contribution is -0.118. The predicted molar refractivity (Wildman–Crippen MR) is 70.5 cm³/mol. The molecule has 1 aromatic carbocycles. The molecule has 16 heavy (non-hydrogen) atoms. The number of rotatable bonds is 5. The molecule has 0 aliphatic heterocycles. The minimum Gasteiger partial charge on any atom is -0.355 e. The molecule has 0 saturated carbocycles. The topological polar surface area (TPSA) is 29.1 Å². The second kappa shape index (κ2) is 7.05. The van der Waals surface area contributed by atoms with Crippen LogP contribution in [0.25, 0.3) is 0 Å². The van der Waals surface area contributed by atoms with Crippen LogP contribution in [-0.2, 0) is 4.79 Å². The number of benzene rings is 1. The first-order valence-electron chi connectivity index (χ1n) is 4.98. The van der Waals surface area contributed by atoms with Crippen molar-refractivity contribution in [1.29, 1.82) is 0 Å². The number of carbonyl (C=O) groups is 1. The minimum atomic E-state index is 0.00263. The van der Waals surface area contributed by atoms with Gasteiger partial charge in [-0.2, -0.15) is 0 Å². The first-order valence-corrected chi connectivity index (χ1v) is 6.72. The molecule has 88 valence electrons. The number of amides is 1. The van der Waals surface area contributed by atoms with Crippen LogP contribution < -0.4 is 5.32 Å². The van der Waals surface area contributed by atoms with Gasteiger partial charge in [0.05, 0.1) is 15.8 Å². The van der Waals surface area contributed by atoms with Crippen LogP contribution in [0.3, 0.4) is 0 Å². The Morgan fingerprint density at radius 2 is 2.00 bits per heavy atom. The normalized spacial score (nSPS) is 10.2. The average Bonchev–Trinajstić information content (AvgIpc) is 2.25. The van der Waals surface area contributed by atoms with Crippen molar-refractivity contribution in [3.63, 3.8) is 0 Å². The van der Waals surface area contributed by atoms with Crippen LogP contribution >= 0.6 is 35.0 Å². The summed E-state index contributed by atoms with van der Waals surface area (Å²) in [5.41, 5.74) is 0. The van der Waals surface area contributed by atoms with Gasteiger partial charge in [-0.1, -0.05) is 36.2 Å². The monoisotopic (exact) mass is 277 g/mol. The third kappa shape index (κ3) is 4.24. The maximum Gasteiger partial charge on any atom is 0.230 e. The highest BCUT2D eigenvalue weighted by Crippen LogP contribution is 2.33. The van der Waals surface area contributed by atoms with E-state index < -0.39 is 0 Å². The molecular weight excluding hydrogens is 265 g/mol. The first kappa shape index (κ1) is 13.7. The largest absolute Gasteiger partial charge is 0.355 e. The number of halogens is 2. The summed E-state index contributed by atoms with van der Waals surface area (Å²) in [4.78, 5) is 12.1. The van der Waals surface area contributed by atoms with Gasteiger partial charge >= 0.3 is 0 Å². The molecule has 2 nitrogen and oxygen atoms in total. The highest BCUT2D eigenvalue weighted by Gasteiger charge is 2.08. The van der Waals surface area contributed by atoms with Crippen molar-refractivity contribution in [2.45, 2.75) is 18.2 Å². The Kier molecular flexibility index (Phi) is 6.03. The molecule has 0 spiro atoms. The number of thioether (sulfide) groups is 1. The van der Waals surface area contributed by atoms with E-state index in [1.807, 2.05) is 6.92 Å². The second-order valence-corrected chi connectivity index (χ2v) is 4.99. The minimum absolute atomic E-state index is 0.00263. The Morgan fingerprint density at radius 3 is 2.56 bits per heavy atom. The van der Waals surface area contributed by atoms with Gasteiger partial charge < -0.3 is 5.32 Å². The van der Waals surface area contributed by atoms with Crippen LogP contribution in [0.15, 0.2) is 23.1 Å². The Bertz CT molecular complexity index is 351. The van der Waals surface area contributed by atoms with E-state index in [2.05, 4.69) is 5.32 Å². The predicted octanol–water partition coefficient (Wildman–Crippen LogP) is 3.61. The van der Waals surface area contributed by atoms with Crippen LogP contribution in [0.1, 0.15) is 13.3 Å². The molecule has 1 N–H and O–H groups in total. The van der Waals surface area contributed by atoms with Crippen molar-refractivity contribution < 1.29 is 4.79 Å². The Morgan fingerprint density at radius 1 is 1.38 bits per heavy atom. The summed E-state index contributed by atoms with van der Waals surface area (Å²) >= 11 is 13.3. The summed E-state index contributed by atoms with van der Waals surface area (Å²) in [7, 11) is 0. The number of nitrogens with one attached hydrogen (secondary N) is 1. The summed E-state index contributed by atoms with van der Waals surface area (Å²) in [5.74, 6) is 0.339. The molecule has 0 radical (unpaired) electrons. The fourth-order valence-electron chi connectivity index (χ4n) is 1.07. The van der Waals surface area contributed by atoms with E-state index in [1.165, 1.54) is 11.8 Å². The molecule has 0 atom stereocenters. The van der Waals surface area contributed by atoms with E-state index in [-0.39, 0.29) is 5.91 Å². The van der Waals surface area contributed by atoms with Crippen LogP contribution in [0.4, 0.5) is 0 Å². The zero-order chi connectivity index (χ0) is 12.0. The quantitative estimate of drug-likeness (QED) is 0.834. The van der Waals surface area contributed by atoms with E-state index in [9.17, 15) is 4.79 Å². The smallest absolute Gasteiger partial charge is 0.230 e. The van der Waals surface area contributed by atoms with E-state index >= 15 is 0 Å². The van der Waals surface area contributed by atoms with Gasteiger partial charge in [0.1, 0.15) is 0 Å². The molecule has 0 saturated heterocycles. The number of hydrogen-bond donors (Lipinski definition) is 1. The lowest BCUT2D eigenvalue weighted by Gasteiger charge is -2.06. The molecule has 0 aromatic heterocycles. The Hall–Kier alpha value is -0.380. The molecule has 0 heterocycles. The van der Waals surface area contributed by atoms with Gasteiger partial charge in [0.25, 0.3) is 0 Å². The SMILES string of the molecule is CCCNC(=O)CSc1c(Cl)cccc1Cl. The summed E-state index contributed by atoms with van der Waals surface area (Å²) in [6.07, 6.45) is 0.934. The van der Waals surface area contributed by atoms with Crippen molar-refractivity contribution in [3.05, 3.63) is 28.2 Å². The molecule has 0 aliphatic carbocycles. The van der Waals surface area contributed by atoms with Gasteiger partial charge in [-0.05, 0) is 18.6 Å². The van der Waals surface area contributed by atoms with Gasteiger partial charge in [-0.25, -0.2) is 0 Å². The van der Waals surface area contributed by atoms with Crippen molar-refractivity contribution in [1.82, 2.24) is 5.32 Å². The van der Waals surface area contributed by atoms with Gasteiger partial charge in [0, 0.05) is 11.4 Å². The van der Waals surface area contributed by atoms with E-state index in [0.717, 1.165) is 11.3 Å². The molecule has 1 amide bonds. The lowest BCUT2D eigenvalue weighted by atomic mass is 10.4. The molecule has 0 unspecified atom stereocenters. The Labute approximate surface area is 110 Å². The van der Waals surface area contributed by atoms with Crippen LogP contribution in [0, 0.1) is 0 Å². The summed E-state index contributed by atoms with van der Waals surface area (Å²) < 4.78 is 0. The summed E-state index contributed by atoms with van der Waals surface area (Å²) in [6, 6.07) is 5.31. The van der Waals surface area contributed by atoms with Crippen molar-refractivity contribution in [2.24, 2.45) is 0 Å². The number of carbonyl (C=O) groups excluding carboxylic acids is 1. The van der Waals surface area contributed by atoms with E-state index in [4.69, 9.17) is 23.2 Å². The van der Waals surface area contributed by atoms with E-state index in [0.29, 0.717) is 22.3 Å². The summed E-state index contributed by atoms with van der Waals surface area (Å²) in [5, 5.41) is 3.96. The molecule has 0 fully saturated rings. The molecule has 5 heteroatoms. The fraction of sp³-hybridized carbons (Fsp3) is 0.364. The van der Waals surface area contributed by atoms with Crippen LogP contribution in [-0.4, -0.2) is 18.2 Å². The molecule has 1 aromatic rings. The van der Waals surface area contributed by atoms with Crippen molar-refractivity contribution in [3.8, 4) is 0 Å². The molecule has 0 aliphatic rings. The molecule has 1 rings (SSSR count). The zero-order valence-corrected chi connectivity index (χ0v) is 11.3. The maximum absolute atomic E-state index is 11.4. The average molecular weight is 278 g/mol. The molecular formula is C11H13Cl2NOS. The third-order valence-electron chi connectivity index (χ3n) is 1.84. The summed E-state index contributed by atoms with van der Waals surface area (Å²) in [6.45, 7) is 2.72. The standard InChI is InChI=1S/C11H13Cl2NOS/c1-2-6-14-10(15)7-16-11-8(12)4-3-5-9(11)13/h3-5H,2,6-7H2,1H3,(H,14,15). The van der Waals surface area contributed by atoms with Crippen molar-refractivity contribution >= 4 is 40.9 Å². The Balaban J connectivity index is 2.51. The first-order chi connectivity index (χ1) is 7.65. The van der Waals surface area contributed by atoms with Gasteiger partial charge in [0.15, 0.2) is 0 Å². The fourth-order valence-corrected chi connectivity index (χ4v) is 2.59. The zero-order valence-electron chi connectivity index (χ0n) is 8.93. The highest BCUT2D eigenvalue weighted by atomic mass is 35.5. The second-order valence-electron chi connectivity index (χ2n) is 3.19. The third-order valence-corrected chi connectivity index (χ3v) is 3.83. The highest BCUT2D eigenvalue weighted by molar-refractivity contribution is 8.00.